The lowest BCUT2D eigenvalue weighted by molar-refractivity contribution is 0.0763. The van der Waals surface area contributed by atoms with Gasteiger partial charge >= 0.3 is 0 Å². The fraction of sp³-hybridized carbons (Fsp3) is 0.625. The van der Waals surface area contributed by atoms with Crippen LogP contribution in [0.2, 0.25) is 0 Å². The summed E-state index contributed by atoms with van der Waals surface area (Å²) in [6, 6.07) is 0. The second-order valence-corrected chi connectivity index (χ2v) is 2.54. The van der Waals surface area contributed by atoms with Crippen LogP contribution in [-0.2, 0) is 11.8 Å². The molecule has 0 N–H and O–H groups in total. The van der Waals surface area contributed by atoms with Crippen molar-refractivity contribution in [3.05, 3.63) is 18.0 Å². The molecule has 1 unspecified atom stereocenters. The van der Waals surface area contributed by atoms with Gasteiger partial charge in [-0.15, -0.1) is 0 Å². The summed E-state index contributed by atoms with van der Waals surface area (Å²) in [6.07, 6.45) is 3.97. The number of aromatic nitrogens is 2. The number of aryl methyl sites for hydroxylation is 1. The van der Waals surface area contributed by atoms with Crippen LogP contribution in [0.15, 0.2) is 12.4 Å². The summed E-state index contributed by atoms with van der Waals surface area (Å²) < 4.78 is 7.17. The number of nitrogens with zero attached hydrogens (tertiary/aromatic N) is 2. The van der Waals surface area contributed by atoms with E-state index in [1.807, 2.05) is 33.3 Å². The third-order valence-corrected chi connectivity index (χ3v) is 1.61. The van der Waals surface area contributed by atoms with Crippen molar-refractivity contribution in [2.24, 2.45) is 7.05 Å². The molecule has 3 nitrogen and oxygen atoms in total. The monoisotopic (exact) mass is 154 g/mol. The van der Waals surface area contributed by atoms with E-state index in [4.69, 9.17) is 4.74 Å². The van der Waals surface area contributed by atoms with Gasteiger partial charge in [-0.2, -0.15) is 5.10 Å². The maximum Gasteiger partial charge on any atom is 0.0827 e. The van der Waals surface area contributed by atoms with Gasteiger partial charge in [0.05, 0.1) is 12.3 Å². The van der Waals surface area contributed by atoms with Crippen LogP contribution in [0.3, 0.4) is 0 Å². The van der Waals surface area contributed by atoms with Crippen LogP contribution in [0.5, 0.6) is 0 Å². The van der Waals surface area contributed by atoms with Gasteiger partial charge in [-0.05, 0) is 13.8 Å². The van der Waals surface area contributed by atoms with Gasteiger partial charge in [0.15, 0.2) is 0 Å². The van der Waals surface area contributed by atoms with E-state index in [9.17, 15) is 0 Å². The Balaban J connectivity index is 2.60. The summed E-state index contributed by atoms with van der Waals surface area (Å²) in [5.41, 5.74) is 1.13. The van der Waals surface area contributed by atoms with Gasteiger partial charge < -0.3 is 4.74 Å². The van der Waals surface area contributed by atoms with Crippen molar-refractivity contribution in [2.75, 3.05) is 6.61 Å². The Morgan fingerprint density at radius 2 is 2.45 bits per heavy atom. The third kappa shape index (κ3) is 2.05. The van der Waals surface area contributed by atoms with Gasteiger partial charge in [0, 0.05) is 25.4 Å². The van der Waals surface area contributed by atoms with Crippen molar-refractivity contribution >= 4 is 0 Å². The zero-order valence-corrected chi connectivity index (χ0v) is 7.24. The normalized spacial score (nSPS) is 13.4. The second kappa shape index (κ2) is 3.53. The average Bonchev–Trinajstić information content (AvgIpc) is 2.36. The van der Waals surface area contributed by atoms with Crippen molar-refractivity contribution in [3.63, 3.8) is 0 Å². The van der Waals surface area contributed by atoms with Crippen LogP contribution < -0.4 is 0 Å². The minimum absolute atomic E-state index is 0.161. The first-order chi connectivity index (χ1) is 5.24. The van der Waals surface area contributed by atoms with Gasteiger partial charge in [-0.25, -0.2) is 0 Å². The summed E-state index contributed by atoms with van der Waals surface area (Å²) in [4.78, 5) is 0. The largest absolute Gasteiger partial charge is 0.374 e. The van der Waals surface area contributed by atoms with Crippen molar-refractivity contribution in [1.82, 2.24) is 9.78 Å². The minimum Gasteiger partial charge on any atom is -0.374 e. The van der Waals surface area contributed by atoms with Gasteiger partial charge in [-0.1, -0.05) is 0 Å². The SMILES string of the molecule is CCOC(C)c1cnn(C)c1. The Bertz CT molecular complexity index is 220. The van der Waals surface area contributed by atoms with Crippen LogP contribution in [-0.4, -0.2) is 16.4 Å². The number of hydrogen-bond acceptors (Lipinski definition) is 2. The van der Waals surface area contributed by atoms with E-state index in [1.165, 1.54) is 0 Å². The summed E-state index contributed by atoms with van der Waals surface area (Å²) in [5.74, 6) is 0. The van der Waals surface area contributed by atoms with E-state index in [0.29, 0.717) is 0 Å². The van der Waals surface area contributed by atoms with Crippen LogP contribution in [0.1, 0.15) is 25.5 Å². The van der Waals surface area contributed by atoms with E-state index < -0.39 is 0 Å². The molecule has 0 aliphatic rings. The molecule has 0 saturated heterocycles. The van der Waals surface area contributed by atoms with E-state index >= 15 is 0 Å². The predicted molar refractivity (Wildman–Crippen MR) is 43.2 cm³/mol. The second-order valence-electron chi connectivity index (χ2n) is 2.54. The highest BCUT2D eigenvalue weighted by molar-refractivity contribution is 5.06. The maximum atomic E-state index is 5.39. The third-order valence-electron chi connectivity index (χ3n) is 1.61. The van der Waals surface area contributed by atoms with Gasteiger partial charge in [0.25, 0.3) is 0 Å². The molecule has 11 heavy (non-hydrogen) atoms. The molecule has 1 atom stereocenters. The van der Waals surface area contributed by atoms with Crippen molar-refractivity contribution in [3.8, 4) is 0 Å². The van der Waals surface area contributed by atoms with Gasteiger partial charge in [0.1, 0.15) is 0 Å². The van der Waals surface area contributed by atoms with Crippen LogP contribution in [0.4, 0.5) is 0 Å². The topological polar surface area (TPSA) is 27.1 Å². The zero-order valence-electron chi connectivity index (χ0n) is 7.24. The maximum absolute atomic E-state index is 5.39. The molecule has 0 amide bonds. The van der Waals surface area contributed by atoms with Gasteiger partial charge in [-0.3, -0.25) is 4.68 Å². The van der Waals surface area contributed by atoms with Crippen molar-refractivity contribution in [1.29, 1.82) is 0 Å². The zero-order chi connectivity index (χ0) is 8.27. The molecule has 3 heteroatoms. The molecule has 0 aliphatic carbocycles. The Hall–Kier alpha value is -0.830. The molecule has 0 saturated carbocycles. The summed E-state index contributed by atoms with van der Waals surface area (Å²) in [7, 11) is 1.90. The van der Waals surface area contributed by atoms with Crippen LogP contribution in [0, 0.1) is 0 Å². The molecular formula is C8H14N2O. The summed E-state index contributed by atoms with van der Waals surface area (Å²) in [5, 5.41) is 4.06. The molecule has 1 rings (SSSR count). The minimum atomic E-state index is 0.161. The number of rotatable bonds is 3. The lowest BCUT2D eigenvalue weighted by Crippen LogP contribution is -1.97. The molecule has 1 aromatic rings. The molecule has 1 aromatic heterocycles. The first kappa shape index (κ1) is 8.27. The summed E-state index contributed by atoms with van der Waals surface area (Å²) >= 11 is 0. The lowest BCUT2D eigenvalue weighted by Gasteiger charge is -2.07. The standard InChI is InChI=1S/C8H14N2O/c1-4-11-7(2)8-5-9-10(3)6-8/h5-7H,4H2,1-3H3. The highest BCUT2D eigenvalue weighted by atomic mass is 16.5. The Morgan fingerprint density at radius 3 is 2.91 bits per heavy atom. The van der Waals surface area contributed by atoms with Crippen molar-refractivity contribution in [2.45, 2.75) is 20.0 Å². The van der Waals surface area contributed by atoms with Crippen LogP contribution in [0.25, 0.3) is 0 Å². The predicted octanol–water partition coefficient (Wildman–Crippen LogP) is 1.52. The van der Waals surface area contributed by atoms with Crippen LogP contribution >= 0.6 is 0 Å². The fourth-order valence-corrected chi connectivity index (χ4v) is 0.996. The molecule has 0 aliphatic heterocycles. The van der Waals surface area contributed by atoms with E-state index in [-0.39, 0.29) is 6.10 Å². The average molecular weight is 154 g/mol. The Morgan fingerprint density at radius 1 is 1.73 bits per heavy atom. The molecule has 1 heterocycles. The van der Waals surface area contributed by atoms with E-state index in [1.54, 1.807) is 4.68 Å². The van der Waals surface area contributed by atoms with Crippen molar-refractivity contribution < 1.29 is 4.74 Å². The highest BCUT2D eigenvalue weighted by Gasteiger charge is 2.05. The lowest BCUT2D eigenvalue weighted by atomic mass is 10.2. The number of ether oxygens (including phenoxy) is 1. The number of hydrogen-bond donors (Lipinski definition) is 0. The quantitative estimate of drug-likeness (QED) is 0.660. The Kier molecular flexibility index (Phi) is 2.65. The Labute approximate surface area is 67.0 Å². The first-order valence-electron chi connectivity index (χ1n) is 3.84. The van der Waals surface area contributed by atoms with Gasteiger partial charge in [0.2, 0.25) is 0 Å². The molecule has 0 bridgehead atoms. The highest BCUT2D eigenvalue weighted by Crippen LogP contribution is 2.14. The molecular weight excluding hydrogens is 140 g/mol. The smallest absolute Gasteiger partial charge is 0.0827 e. The molecule has 0 radical (unpaired) electrons. The summed E-state index contributed by atoms with van der Waals surface area (Å²) in [6.45, 7) is 4.77. The first-order valence-corrected chi connectivity index (χ1v) is 3.84. The molecule has 0 fully saturated rings. The fourth-order valence-electron chi connectivity index (χ4n) is 0.996. The molecule has 0 spiro atoms. The van der Waals surface area contributed by atoms with E-state index in [2.05, 4.69) is 5.10 Å². The van der Waals surface area contributed by atoms with E-state index in [0.717, 1.165) is 12.2 Å². The molecule has 62 valence electrons. The molecule has 0 aromatic carbocycles.